The molecule has 27 heavy (non-hydrogen) atoms. The summed E-state index contributed by atoms with van der Waals surface area (Å²) in [4.78, 5) is 18.4. The summed E-state index contributed by atoms with van der Waals surface area (Å²) in [5, 5.41) is 0. The van der Waals surface area contributed by atoms with Gasteiger partial charge in [0.05, 0.1) is 31.0 Å². The van der Waals surface area contributed by atoms with Crippen LogP contribution in [-0.4, -0.2) is 52.8 Å². The third kappa shape index (κ3) is 2.48. The molecule has 7 nitrogen and oxygen atoms in total. The highest BCUT2D eigenvalue weighted by atomic mass is 16.5. The Morgan fingerprint density at radius 1 is 1.00 bits per heavy atom. The zero-order valence-corrected chi connectivity index (χ0v) is 15.3. The van der Waals surface area contributed by atoms with Crippen LogP contribution in [0, 0.1) is 5.92 Å². The summed E-state index contributed by atoms with van der Waals surface area (Å²) in [6.45, 7) is 2.78. The Morgan fingerprint density at radius 3 is 2.41 bits per heavy atom. The van der Waals surface area contributed by atoms with E-state index >= 15 is 0 Å². The summed E-state index contributed by atoms with van der Waals surface area (Å²) >= 11 is 0. The standard InChI is InChI=1S/C20H24N6O/c21-20-22-7-13(8-23-20)18-5-17(26-14-1-2-15(26)11-27-10-14)6-19(24-18)25-9-12-3-16(25)4-12/h5-8,12,14-16H,1-4,9-11H2,(H2,21,22,23). The minimum atomic E-state index is 0.293. The van der Waals surface area contributed by atoms with Crippen LogP contribution in [0.5, 0.6) is 0 Å². The van der Waals surface area contributed by atoms with Gasteiger partial charge in [-0.25, -0.2) is 15.0 Å². The molecule has 2 atom stereocenters. The minimum Gasteiger partial charge on any atom is -0.377 e. The first kappa shape index (κ1) is 15.6. The van der Waals surface area contributed by atoms with Crippen LogP contribution < -0.4 is 15.5 Å². The lowest BCUT2D eigenvalue weighted by Crippen LogP contribution is -2.46. The van der Waals surface area contributed by atoms with Crippen LogP contribution in [-0.2, 0) is 4.74 Å². The summed E-state index contributed by atoms with van der Waals surface area (Å²) in [5.41, 5.74) is 8.78. The lowest BCUT2D eigenvalue weighted by atomic mass is 9.86. The van der Waals surface area contributed by atoms with Crippen LogP contribution in [0.3, 0.4) is 0 Å². The molecule has 7 heteroatoms. The fourth-order valence-corrected chi connectivity index (χ4v) is 5.28. The molecule has 0 aromatic carbocycles. The monoisotopic (exact) mass is 364 g/mol. The zero-order chi connectivity index (χ0) is 18.0. The number of ether oxygens (including phenoxy) is 1. The highest BCUT2D eigenvalue weighted by molar-refractivity contribution is 5.70. The molecule has 0 radical (unpaired) electrons. The molecule has 1 aliphatic carbocycles. The summed E-state index contributed by atoms with van der Waals surface area (Å²) in [5.74, 6) is 2.24. The molecular weight excluding hydrogens is 340 g/mol. The highest BCUT2D eigenvalue weighted by Crippen LogP contribution is 2.44. The van der Waals surface area contributed by atoms with Crippen molar-refractivity contribution in [2.75, 3.05) is 35.3 Å². The largest absolute Gasteiger partial charge is 0.377 e. The Labute approximate surface area is 158 Å². The average Bonchev–Trinajstić information content (AvgIpc) is 3.33. The molecule has 0 amide bonds. The molecular formula is C20H24N6O. The first-order chi connectivity index (χ1) is 13.2. The number of nitrogen functional groups attached to an aromatic ring is 1. The SMILES string of the molecule is Nc1ncc(-c2cc(N3C4CCC3COC4)cc(N3CC4CC3C4)n2)cn1. The van der Waals surface area contributed by atoms with Crippen LogP contribution in [0.2, 0.25) is 0 Å². The quantitative estimate of drug-likeness (QED) is 0.893. The third-order valence-electron chi connectivity index (χ3n) is 6.70. The molecule has 1 saturated carbocycles. The van der Waals surface area contributed by atoms with Gasteiger partial charge in [0.25, 0.3) is 0 Å². The number of anilines is 3. The second-order valence-electron chi connectivity index (χ2n) is 8.37. The minimum absolute atomic E-state index is 0.293. The van der Waals surface area contributed by atoms with Gasteiger partial charge in [0.15, 0.2) is 0 Å². The van der Waals surface area contributed by atoms with Gasteiger partial charge in [0.1, 0.15) is 5.82 Å². The predicted molar refractivity (Wildman–Crippen MR) is 104 cm³/mol. The van der Waals surface area contributed by atoms with Crippen molar-refractivity contribution in [1.29, 1.82) is 0 Å². The van der Waals surface area contributed by atoms with E-state index in [2.05, 4.69) is 31.9 Å². The number of nitrogens with two attached hydrogens (primary N) is 1. The second kappa shape index (κ2) is 5.79. The van der Waals surface area contributed by atoms with Gasteiger partial charge in [0, 0.05) is 42.3 Å². The molecule has 2 unspecified atom stereocenters. The summed E-state index contributed by atoms with van der Waals surface area (Å²) in [6, 6.07) is 6.09. The molecule has 4 bridgehead atoms. The maximum absolute atomic E-state index is 5.79. The van der Waals surface area contributed by atoms with E-state index in [9.17, 15) is 0 Å². The number of hydrogen-bond acceptors (Lipinski definition) is 7. The molecule has 5 fully saturated rings. The van der Waals surface area contributed by atoms with E-state index in [-0.39, 0.29) is 0 Å². The average molecular weight is 364 g/mol. The van der Waals surface area contributed by atoms with Gasteiger partial charge >= 0.3 is 0 Å². The van der Waals surface area contributed by atoms with Crippen molar-refractivity contribution in [3.8, 4) is 11.3 Å². The van der Waals surface area contributed by atoms with Gasteiger partial charge in [-0.05, 0) is 37.7 Å². The molecule has 6 heterocycles. The lowest BCUT2D eigenvalue weighted by Gasteiger charge is -2.37. The fraction of sp³-hybridized carbons (Fsp3) is 0.550. The van der Waals surface area contributed by atoms with Crippen molar-refractivity contribution >= 4 is 17.5 Å². The number of rotatable bonds is 3. The van der Waals surface area contributed by atoms with Crippen molar-refractivity contribution in [1.82, 2.24) is 15.0 Å². The van der Waals surface area contributed by atoms with E-state index in [1.54, 1.807) is 12.4 Å². The van der Waals surface area contributed by atoms with E-state index in [0.29, 0.717) is 24.1 Å². The van der Waals surface area contributed by atoms with E-state index < -0.39 is 0 Å². The van der Waals surface area contributed by atoms with Crippen molar-refractivity contribution < 1.29 is 4.74 Å². The second-order valence-corrected chi connectivity index (χ2v) is 8.37. The van der Waals surface area contributed by atoms with E-state index in [1.165, 1.54) is 31.4 Å². The number of morpholine rings is 1. The lowest BCUT2D eigenvalue weighted by molar-refractivity contribution is 0.0906. The molecule has 7 rings (SSSR count). The molecule has 140 valence electrons. The molecule has 2 aromatic heterocycles. The van der Waals surface area contributed by atoms with E-state index in [1.807, 2.05) is 0 Å². The number of pyridine rings is 1. The van der Waals surface area contributed by atoms with Gasteiger partial charge in [-0.1, -0.05) is 0 Å². The summed E-state index contributed by atoms with van der Waals surface area (Å²) in [7, 11) is 0. The normalized spacial score (nSPS) is 31.3. The Balaban J connectivity index is 1.44. The predicted octanol–water partition coefficient (Wildman–Crippen LogP) is 2.09. The number of nitrogens with zero attached hydrogens (tertiary/aromatic N) is 5. The summed E-state index contributed by atoms with van der Waals surface area (Å²) in [6.07, 6.45) is 8.59. The van der Waals surface area contributed by atoms with Gasteiger partial charge in [-0.3, -0.25) is 0 Å². The first-order valence-electron chi connectivity index (χ1n) is 9.97. The Kier molecular flexibility index (Phi) is 3.35. The highest BCUT2D eigenvalue weighted by Gasteiger charge is 2.44. The van der Waals surface area contributed by atoms with Crippen LogP contribution in [0.1, 0.15) is 25.7 Å². The van der Waals surface area contributed by atoms with Crippen LogP contribution in [0.25, 0.3) is 11.3 Å². The number of aromatic nitrogens is 3. The maximum Gasteiger partial charge on any atom is 0.219 e. The van der Waals surface area contributed by atoms with Crippen LogP contribution in [0.15, 0.2) is 24.5 Å². The molecule has 4 aliphatic heterocycles. The van der Waals surface area contributed by atoms with Crippen molar-refractivity contribution in [3.05, 3.63) is 24.5 Å². The topological polar surface area (TPSA) is 80.4 Å². The molecule has 5 aliphatic rings. The molecule has 2 aromatic rings. The molecule has 4 saturated heterocycles. The summed E-state index contributed by atoms with van der Waals surface area (Å²) < 4.78 is 5.79. The smallest absolute Gasteiger partial charge is 0.219 e. The van der Waals surface area contributed by atoms with Crippen LogP contribution >= 0.6 is 0 Å². The van der Waals surface area contributed by atoms with Crippen LogP contribution in [0.4, 0.5) is 17.5 Å². The van der Waals surface area contributed by atoms with Gasteiger partial charge in [-0.2, -0.15) is 0 Å². The Bertz CT molecular complexity index is 849. The molecule has 0 spiro atoms. The van der Waals surface area contributed by atoms with E-state index in [0.717, 1.165) is 42.8 Å². The van der Waals surface area contributed by atoms with Crippen molar-refractivity contribution in [2.45, 2.75) is 43.8 Å². The fourth-order valence-electron chi connectivity index (χ4n) is 5.28. The maximum atomic E-state index is 5.79. The van der Waals surface area contributed by atoms with Crippen molar-refractivity contribution in [3.63, 3.8) is 0 Å². The third-order valence-corrected chi connectivity index (χ3v) is 6.70. The van der Waals surface area contributed by atoms with Gasteiger partial charge in [0.2, 0.25) is 5.95 Å². The van der Waals surface area contributed by atoms with E-state index in [4.69, 9.17) is 15.5 Å². The van der Waals surface area contributed by atoms with Crippen molar-refractivity contribution in [2.24, 2.45) is 5.92 Å². The Morgan fingerprint density at radius 2 is 1.74 bits per heavy atom. The van der Waals surface area contributed by atoms with Gasteiger partial charge in [-0.15, -0.1) is 0 Å². The number of fused-ring (bicyclic) bond motifs is 3. The Hall–Kier alpha value is -2.41. The first-order valence-corrected chi connectivity index (χ1v) is 9.97. The zero-order valence-electron chi connectivity index (χ0n) is 15.3. The van der Waals surface area contributed by atoms with Gasteiger partial charge < -0.3 is 20.3 Å². The number of hydrogen-bond donors (Lipinski definition) is 1. The molecule has 2 N–H and O–H groups in total.